The lowest BCUT2D eigenvalue weighted by molar-refractivity contribution is 0.0953. The summed E-state index contributed by atoms with van der Waals surface area (Å²) in [7, 11) is -2.30. The van der Waals surface area contributed by atoms with E-state index >= 15 is 0 Å². The average Bonchev–Trinajstić information content (AvgIpc) is 3.34. The van der Waals surface area contributed by atoms with Gasteiger partial charge in [0.1, 0.15) is 10.6 Å². The Morgan fingerprint density at radius 2 is 2.04 bits per heavy atom. The maximum Gasteiger partial charge on any atom is 0.251 e. The highest BCUT2D eigenvalue weighted by Crippen LogP contribution is 2.28. The SMILES string of the molecule is COc1ccc(C(=O)NCCCCN)cc1S(=O)(=O)NC1CC1.Cl. The van der Waals surface area contributed by atoms with E-state index in [1.54, 1.807) is 6.07 Å². The van der Waals surface area contributed by atoms with Crippen LogP contribution in [0, 0.1) is 0 Å². The molecule has 0 bridgehead atoms. The molecule has 1 aliphatic rings. The Hall–Kier alpha value is -1.35. The van der Waals surface area contributed by atoms with Crippen molar-refractivity contribution in [3.05, 3.63) is 23.8 Å². The number of carbonyl (C=O) groups is 1. The van der Waals surface area contributed by atoms with Gasteiger partial charge in [0.15, 0.2) is 0 Å². The Morgan fingerprint density at radius 3 is 2.62 bits per heavy atom. The summed E-state index contributed by atoms with van der Waals surface area (Å²) in [4.78, 5) is 12.1. The van der Waals surface area contributed by atoms with E-state index in [9.17, 15) is 13.2 Å². The van der Waals surface area contributed by atoms with Gasteiger partial charge in [0.05, 0.1) is 7.11 Å². The van der Waals surface area contributed by atoms with Crippen LogP contribution in [0.4, 0.5) is 0 Å². The molecule has 7 nitrogen and oxygen atoms in total. The van der Waals surface area contributed by atoms with Crippen LogP contribution in [-0.2, 0) is 10.0 Å². The van der Waals surface area contributed by atoms with E-state index in [4.69, 9.17) is 10.5 Å². The molecule has 0 aliphatic heterocycles. The van der Waals surface area contributed by atoms with E-state index in [0.717, 1.165) is 25.7 Å². The van der Waals surface area contributed by atoms with Crippen LogP contribution in [0.1, 0.15) is 36.0 Å². The first kappa shape index (κ1) is 20.7. The molecule has 0 heterocycles. The van der Waals surface area contributed by atoms with Crippen molar-refractivity contribution in [2.75, 3.05) is 20.2 Å². The summed E-state index contributed by atoms with van der Waals surface area (Å²) in [5.41, 5.74) is 5.69. The van der Waals surface area contributed by atoms with Crippen LogP contribution in [0.5, 0.6) is 5.75 Å². The van der Waals surface area contributed by atoms with Crippen molar-refractivity contribution in [2.45, 2.75) is 36.6 Å². The Kier molecular flexibility index (Phi) is 7.95. The zero-order chi connectivity index (χ0) is 16.9. The number of benzene rings is 1. The number of halogens is 1. The van der Waals surface area contributed by atoms with Gasteiger partial charge in [0.25, 0.3) is 5.91 Å². The van der Waals surface area contributed by atoms with Gasteiger partial charge in [0, 0.05) is 18.2 Å². The molecule has 0 radical (unpaired) electrons. The van der Waals surface area contributed by atoms with Crippen LogP contribution in [0.3, 0.4) is 0 Å². The molecule has 24 heavy (non-hydrogen) atoms. The van der Waals surface area contributed by atoms with E-state index in [2.05, 4.69) is 10.0 Å². The standard InChI is InChI=1S/C15H23N3O4S.ClH/c1-22-13-7-4-11(15(19)17-9-3-2-8-16)10-14(13)23(20,21)18-12-5-6-12;/h4,7,10,12,18H,2-3,5-6,8-9,16H2,1H3,(H,17,19);1H. The summed E-state index contributed by atoms with van der Waals surface area (Å²) in [5.74, 6) is -0.0922. The summed E-state index contributed by atoms with van der Waals surface area (Å²) < 4.78 is 32.5. The van der Waals surface area contributed by atoms with Crippen molar-refractivity contribution in [2.24, 2.45) is 5.73 Å². The number of amides is 1. The minimum atomic E-state index is -3.70. The fourth-order valence-corrected chi connectivity index (χ4v) is 3.59. The second-order valence-electron chi connectivity index (χ2n) is 5.51. The minimum absolute atomic E-state index is 0. The van der Waals surface area contributed by atoms with Crippen molar-refractivity contribution >= 4 is 28.3 Å². The molecule has 136 valence electrons. The predicted molar refractivity (Wildman–Crippen MR) is 94.2 cm³/mol. The highest BCUT2D eigenvalue weighted by atomic mass is 35.5. The van der Waals surface area contributed by atoms with E-state index in [-0.39, 0.29) is 40.6 Å². The monoisotopic (exact) mass is 377 g/mol. The lowest BCUT2D eigenvalue weighted by Gasteiger charge is -2.12. The number of rotatable bonds is 9. The number of unbranched alkanes of at least 4 members (excludes halogenated alkanes) is 1. The molecule has 2 rings (SSSR count). The molecule has 0 aromatic heterocycles. The quantitative estimate of drug-likeness (QED) is 0.556. The summed E-state index contributed by atoms with van der Waals surface area (Å²) >= 11 is 0. The first-order chi connectivity index (χ1) is 11.0. The van der Waals surface area contributed by atoms with Gasteiger partial charge in [-0.05, 0) is 50.4 Å². The van der Waals surface area contributed by atoms with Crippen molar-refractivity contribution in [3.8, 4) is 5.75 Å². The molecule has 1 fully saturated rings. The average molecular weight is 378 g/mol. The summed E-state index contributed by atoms with van der Waals surface area (Å²) in [6.07, 6.45) is 3.28. The fourth-order valence-electron chi connectivity index (χ4n) is 2.09. The molecule has 1 aliphatic carbocycles. The van der Waals surface area contributed by atoms with Crippen molar-refractivity contribution in [1.82, 2.24) is 10.0 Å². The lowest BCUT2D eigenvalue weighted by atomic mass is 10.2. The Balaban J connectivity index is 0.00000288. The third-order valence-corrected chi connectivity index (χ3v) is 5.07. The number of sulfonamides is 1. The third-order valence-electron chi connectivity index (χ3n) is 3.53. The van der Waals surface area contributed by atoms with E-state index in [1.165, 1.54) is 19.2 Å². The number of carbonyl (C=O) groups excluding carboxylic acids is 1. The molecular weight excluding hydrogens is 354 g/mol. The Labute approximate surface area is 148 Å². The molecule has 0 spiro atoms. The van der Waals surface area contributed by atoms with Gasteiger partial charge in [-0.15, -0.1) is 12.4 Å². The number of nitrogens with two attached hydrogens (primary N) is 1. The first-order valence-corrected chi connectivity index (χ1v) is 9.15. The number of methoxy groups -OCH3 is 1. The van der Waals surface area contributed by atoms with Crippen LogP contribution >= 0.6 is 12.4 Å². The van der Waals surface area contributed by atoms with Gasteiger partial charge in [-0.3, -0.25) is 4.79 Å². The van der Waals surface area contributed by atoms with Crippen molar-refractivity contribution in [3.63, 3.8) is 0 Å². The lowest BCUT2D eigenvalue weighted by Crippen LogP contribution is -2.28. The molecule has 1 amide bonds. The highest BCUT2D eigenvalue weighted by Gasteiger charge is 2.30. The summed E-state index contributed by atoms with van der Waals surface area (Å²) in [6.45, 7) is 1.08. The van der Waals surface area contributed by atoms with Crippen LogP contribution in [0.25, 0.3) is 0 Å². The van der Waals surface area contributed by atoms with Crippen LogP contribution in [-0.4, -0.2) is 40.6 Å². The van der Waals surface area contributed by atoms with Gasteiger partial charge >= 0.3 is 0 Å². The molecule has 1 aromatic carbocycles. The molecule has 0 atom stereocenters. The van der Waals surface area contributed by atoms with Crippen molar-refractivity contribution < 1.29 is 17.9 Å². The van der Waals surface area contributed by atoms with E-state index in [0.29, 0.717) is 13.1 Å². The number of nitrogens with one attached hydrogen (secondary N) is 2. The maximum atomic E-state index is 12.4. The normalized spacial score (nSPS) is 13.9. The number of ether oxygens (including phenoxy) is 1. The van der Waals surface area contributed by atoms with Gasteiger partial charge in [-0.25, -0.2) is 13.1 Å². The van der Waals surface area contributed by atoms with Gasteiger partial charge < -0.3 is 15.8 Å². The molecule has 1 aromatic rings. The van der Waals surface area contributed by atoms with Crippen LogP contribution < -0.4 is 20.5 Å². The smallest absolute Gasteiger partial charge is 0.251 e. The Bertz CT molecular complexity index is 663. The number of hydrogen-bond acceptors (Lipinski definition) is 5. The van der Waals surface area contributed by atoms with Gasteiger partial charge in [-0.1, -0.05) is 0 Å². The number of hydrogen-bond donors (Lipinski definition) is 3. The first-order valence-electron chi connectivity index (χ1n) is 7.66. The molecular formula is C15H24ClN3O4S. The molecule has 0 unspecified atom stereocenters. The highest BCUT2D eigenvalue weighted by molar-refractivity contribution is 7.89. The van der Waals surface area contributed by atoms with Crippen molar-refractivity contribution in [1.29, 1.82) is 0 Å². The second-order valence-corrected chi connectivity index (χ2v) is 7.20. The summed E-state index contributed by atoms with van der Waals surface area (Å²) in [5, 5.41) is 2.75. The largest absolute Gasteiger partial charge is 0.495 e. The molecule has 1 saturated carbocycles. The predicted octanol–water partition coefficient (Wildman–Crippen LogP) is 1.03. The van der Waals surface area contributed by atoms with Crippen LogP contribution in [0.15, 0.2) is 23.1 Å². The van der Waals surface area contributed by atoms with Crippen LogP contribution in [0.2, 0.25) is 0 Å². The zero-order valence-electron chi connectivity index (χ0n) is 13.6. The zero-order valence-corrected chi connectivity index (χ0v) is 15.2. The maximum absolute atomic E-state index is 12.4. The minimum Gasteiger partial charge on any atom is -0.495 e. The topological polar surface area (TPSA) is 111 Å². The molecule has 9 heteroatoms. The molecule has 0 saturated heterocycles. The summed E-state index contributed by atoms with van der Waals surface area (Å²) in [6, 6.07) is 4.38. The second kappa shape index (κ2) is 9.22. The van der Waals surface area contributed by atoms with Gasteiger partial charge in [0.2, 0.25) is 10.0 Å². The fraction of sp³-hybridized carbons (Fsp3) is 0.533. The van der Waals surface area contributed by atoms with E-state index < -0.39 is 10.0 Å². The van der Waals surface area contributed by atoms with Gasteiger partial charge in [-0.2, -0.15) is 0 Å². The van der Waals surface area contributed by atoms with E-state index in [1.807, 2.05) is 0 Å². The Morgan fingerprint density at radius 1 is 1.33 bits per heavy atom. The third kappa shape index (κ3) is 5.62. The molecule has 4 N–H and O–H groups in total.